The molecule has 5 nitrogen and oxygen atoms in total. The SMILES string of the molecule is CNC(C(=O)O)C1(c2ccc3c(c2)CCO3)COC1. The fourth-order valence-corrected chi connectivity index (χ4v) is 2.95. The highest BCUT2D eigenvalue weighted by molar-refractivity contribution is 5.76. The first kappa shape index (κ1) is 12.4. The quantitative estimate of drug-likeness (QED) is 0.831. The zero-order chi connectivity index (χ0) is 13.5. The maximum atomic E-state index is 11.4. The molecule has 1 aromatic rings. The van der Waals surface area contributed by atoms with Crippen LogP contribution in [0.15, 0.2) is 18.2 Å². The van der Waals surface area contributed by atoms with Gasteiger partial charge in [0.1, 0.15) is 11.8 Å². The zero-order valence-electron chi connectivity index (χ0n) is 10.8. The highest BCUT2D eigenvalue weighted by Crippen LogP contribution is 2.39. The molecule has 102 valence electrons. The molecule has 0 bridgehead atoms. The summed E-state index contributed by atoms with van der Waals surface area (Å²) >= 11 is 0. The predicted octanol–water partition coefficient (Wildman–Crippen LogP) is 0.562. The van der Waals surface area contributed by atoms with E-state index in [1.54, 1.807) is 7.05 Å². The molecule has 2 heterocycles. The summed E-state index contributed by atoms with van der Waals surface area (Å²) in [5, 5.41) is 12.3. The summed E-state index contributed by atoms with van der Waals surface area (Å²) in [5.74, 6) is 0.0676. The largest absolute Gasteiger partial charge is 0.493 e. The number of likely N-dealkylation sites (N-methyl/N-ethyl adjacent to an activating group) is 1. The first-order valence-corrected chi connectivity index (χ1v) is 6.41. The van der Waals surface area contributed by atoms with Crippen LogP contribution < -0.4 is 10.1 Å². The Bertz CT molecular complexity index is 510. The molecular formula is C14H17NO4. The predicted molar refractivity (Wildman–Crippen MR) is 68.6 cm³/mol. The average molecular weight is 263 g/mol. The van der Waals surface area contributed by atoms with Gasteiger partial charge in [0.15, 0.2) is 0 Å². The number of fused-ring (bicyclic) bond motifs is 1. The maximum Gasteiger partial charge on any atom is 0.321 e. The second-order valence-corrected chi connectivity index (χ2v) is 5.13. The molecule has 1 unspecified atom stereocenters. The Hall–Kier alpha value is -1.59. The first-order chi connectivity index (χ1) is 9.17. The van der Waals surface area contributed by atoms with Gasteiger partial charge in [-0.1, -0.05) is 12.1 Å². The fraction of sp³-hybridized carbons (Fsp3) is 0.500. The normalized spacial score (nSPS) is 21.1. The molecule has 0 aromatic heterocycles. The van der Waals surface area contributed by atoms with Crippen molar-refractivity contribution >= 4 is 5.97 Å². The van der Waals surface area contributed by atoms with Crippen LogP contribution in [0.4, 0.5) is 0 Å². The second kappa shape index (κ2) is 4.51. The van der Waals surface area contributed by atoms with E-state index in [0.717, 1.165) is 23.3 Å². The van der Waals surface area contributed by atoms with Crippen LogP contribution in [0.2, 0.25) is 0 Å². The van der Waals surface area contributed by atoms with Gasteiger partial charge in [-0.2, -0.15) is 0 Å². The summed E-state index contributed by atoms with van der Waals surface area (Å²) in [6, 6.07) is 5.33. The number of nitrogens with one attached hydrogen (secondary N) is 1. The Balaban J connectivity index is 2.00. The molecule has 0 amide bonds. The molecule has 1 aromatic carbocycles. The van der Waals surface area contributed by atoms with E-state index in [9.17, 15) is 9.90 Å². The minimum absolute atomic E-state index is 0.435. The lowest BCUT2D eigenvalue weighted by Gasteiger charge is -2.45. The standard InChI is InChI=1S/C14H17NO4/c1-15-12(13(16)17)14(7-18-8-14)10-2-3-11-9(6-10)4-5-19-11/h2-3,6,12,15H,4-5,7-8H2,1H3,(H,16,17). The number of carboxylic acids is 1. The van der Waals surface area contributed by atoms with Gasteiger partial charge in [-0.05, 0) is 24.2 Å². The lowest BCUT2D eigenvalue weighted by atomic mass is 9.72. The molecule has 0 spiro atoms. The van der Waals surface area contributed by atoms with Crippen LogP contribution in [0.5, 0.6) is 5.75 Å². The smallest absolute Gasteiger partial charge is 0.321 e. The van der Waals surface area contributed by atoms with Crippen molar-refractivity contribution < 1.29 is 19.4 Å². The molecule has 2 aliphatic heterocycles. The van der Waals surface area contributed by atoms with E-state index in [4.69, 9.17) is 9.47 Å². The highest BCUT2D eigenvalue weighted by atomic mass is 16.5. The molecule has 1 atom stereocenters. The second-order valence-electron chi connectivity index (χ2n) is 5.13. The van der Waals surface area contributed by atoms with Gasteiger partial charge >= 0.3 is 5.97 Å². The van der Waals surface area contributed by atoms with Crippen molar-refractivity contribution in [3.63, 3.8) is 0 Å². The lowest BCUT2D eigenvalue weighted by molar-refractivity contribution is -0.150. The molecule has 2 N–H and O–H groups in total. The van der Waals surface area contributed by atoms with Crippen molar-refractivity contribution in [2.45, 2.75) is 17.9 Å². The molecule has 5 heteroatoms. The summed E-state index contributed by atoms with van der Waals surface area (Å²) < 4.78 is 10.8. The summed E-state index contributed by atoms with van der Waals surface area (Å²) in [5.41, 5.74) is 1.70. The van der Waals surface area contributed by atoms with E-state index < -0.39 is 17.4 Å². The van der Waals surface area contributed by atoms with Crippen molar-refractivity contribution in [1.29, 1.82) is 0 Å². The molecule has 2 aliphatic rings. The number of carboxylic acid groups (broad SMARTS) is 1. The topological polar surface area (TPSA) is 67.8 Å². The molecule has 19 heavy (non-hydrogen) atoms. The van der Waals surface area contributed by atoms with Gasteiger partial charge in [0.05, 0.1) is 25.2 Å². The molecule has 0 radical (unpaired) electrons. The van der Waals surface area contributed by atoms with Gasteiger partial charge in [0.2, 0.25) is 0 Å². The molecule has 0 saturated carbocycles. The lowest BCUT2D eigenvalue weighted by Crippen LogP contribution is -2.62. The number of aliphatic carboxylic acids is 1. The molecule has 1 fully saturated rings. The summed E-state index contributed by atoms with van der Waals surface area (Å²) in [6.45, 7) is 1.57. The van der Waals surface area contributed by atoms with Crippen LogP contribution in [0, 0.1) is 0 Å². The van der Waals surface area contributed by atoms with Gasteiger partial charge in [0.25, 0.3) is 0 Å². The summed E-state index contributed by atoms with van der Waals surface area (Å²) in [6.07, 6.45) is 0.886. The van der Waals surface area contributed by atoms with Crippen LogP contribution in [-0.4, -0.2) is 44.0 Å². The average Bonchev–Trinajstić information content (AvgIpc) is 2.79. The summed E-state index contributed by atoms with van der Waals surface area (Å²) in [4.78, 5) is 11.4. The number of hydrogen-bond acceptors (Lipinski definition) is 4. The van der Waals surface area contributed by atoms with E-state index in [1.807, 2.05) is 12.1 Å². The van der Waals surface area contributed by atoms with Crippen LogP contribution in [0.3, 0.4) is 0 Å². The Morgan fingerprint density at radius 2 is 2.26 bits per heavy atom. The number of hydrogen-bond donors (Lipinski definition) is 2. The Labute approximate surface area is 111 Å². The Morgan fingerprint density at radius 1 is 1.47 bits per heavy atom. The van der Waals surface area contributed by atoms with Crippen LogP contribution >= 0.6 is 0 Å². The van der Waals surface area contributed by atoms with Crippen LogP contribution in [0.25, 0.3) is 0 Å². The fourth-order valence-electron chi connectivity index (χ4n) is 2.95. The minimum atomic E-state index is -0.845. The van der Waals surface area contributed by atoms with Crippen molar-refractivity contribution in [2.24, 2.45) is 0 Å². The Kier molecular flexibility index (Phi) is 2.95. The number of ether oxygens (including phenoxy) is 2. The van der Waals surface area contributed by atoms with Gasteiger partial charge in [-0.3, -0.25) is 4.79 Å². The van der Waals surface area contributed by atoms with Crippen molar-refractivity contribution in [3.05, 3.63) is 29.3 Å². The third kappa shape index (κ3) is 1.81. The van der Waals surface area contributed by atoms with E-state index in [1.165, 1.54) is 0 Å². The minimum Gasteiger partial charge on any atom is -0.493 e. The molecule has 0 aliphatic carbocycles. The van der Waals surface area contributed by atoms with Crippen molar-refractivity contribution in [1.82, 2.24) is 5.32 Å². The van der Waals surface area contributed by atoms with Crippen LogP contribution in [-0.2, 0) is 21.4 Å². The number of rotatable bonds is 4. The van der Waals surface area contributed by atoms with E-state index in [-0.39, 0.29) is 0 Å². The van der Waals surface area contributed by atoms with Gasteiger partial charge < -0.3 is 19.9 Å². The summed E-state index contributed by atoms with van der Waals surface area (Å²) in [7, 11) is 1.68. The first-order valence-electron chi connectivity index (χ1n) is 6.41. The monoisotopic (exact) mass is 263 g/mol. The van der Waals surface area contributed by atoms with Crippen molar-refractivity contribution in [2.75, 3.05) is 26.9 Å². The third-order valence-corrected chi connectivity index (χ3v) is 4.07. The maximum absolute atomic E-state index is 11.4. The van der Waals surface area contributed by atoms with E-state index in [0.29, 0.717) is 19.8 Å². The van der Waals surface area contributed by atoms with E-state index >= 15 is 0 Å². The zero-order valence-corrected chi connectivity index (χ0v) is 10.8. The molecular weight excluding hydrogens is 246 g/mol. The van der Waals surface area contributed by atoms with Gasteiger partial charge in [-0.15, -0.1) is 0 Å². The van der Waals surface area contributed by atoms with E-state index in [2.05, 4.69) is 11.4 Å². The third-order valence-electron chi connectivity index (χ3n) is 4.07. The van der Waals surface area contributed by atoms with Crippen molar-refractivity contribution in [3.8, 4) is 5.75 Å². The molecule has 1 saturated heterocycles. The molecule has 3 rings (SSSR count). The number of benzene rings is 1. The highest BCUT2D eigenvalue weighted by Gasteiger charge is 2.50. The number of carbonyl (C=O) groups is 1. The Morgan fingerprint density at radius 3 is 2.84 bits per heavy atom. The van der Waals surface area contributed by atoms with Gasteiger partial charge in [-0.25, -0.2) is 0 Å². The van der Waals surface area contributed by atoms with Crippen LogP contribution in [0.1, 0.15) is 11.1 Å². The van der Waals surface area contributed by atoms with Gasteiger partial charge in [0, 0.05) is 6.42 Å².